The molecule has 2 aromatic carbocycles. The first-order chi connectivity index (χ1) is 17.7. The van der Waals surface area contributed by atoms with Crippen LogP contribution in [0.3, 0.4) is 0 Å². The van der Waals surface area contributed by atoms with E-state index in [9.17, 15) is 19.1 Å². The number of carboxylic acids is 1. The molecule has 37 heavy (non-hydrogen) atoms. The van der Waals surface area contributed by atoms with Crippen LogP contribution in [0.1, 0.15) is 49.4 Å². The van der Waals surface area contributed by atoms with Gasteiger partial charge < -0.3 is 10.2 Å². The summed E-state index contributed by atoms with van der Waals surface area (Å²) in [6.45, 7) is 6.13. The highest BCUT2D eigenvalue weighted by Gasteiger charge is 2.23. The summed E-state index contributed by atoms with van der Waals surface area (Å²) in [6.07, 6.45) is 1.12. The van der Waals surface area contributed by atoms with Gasteiger partial charge in [-0.2, -0.15) is 5.10 Å². The van der Waals surface area contributed by atoms with Gasteiger partial charge in [-0.3, -0.25) is 9.59 Å². The summed E-state index contributed by atoms with van der Waals surface area (Å²) < 4.78 is 15.6. The van der Waals surface area contributed by atoms with E-state index in [1.165, 1.54) is 18.2 Å². The highest BCUT2D eigenvalue weighted by atomic mass is 19.1. The fraction of sp³-hybridized carbons (Fsp3) is 0.233. The number of aliphatic hydroxyl groups excluding tert-OH is 1. The molecule has 7 heteroatoms. The van der Waals surface area contributed by atoms with Gasteiger partial charge in [0.15, 0.2) is 0 Å². The van der Waals surface area contributed by atoms with Crippen molar-refractivity contribution >= 4 is 23.3 Å². The van der Waals surface area contributed by atoms with E-state index in [0.717, 1.165) is 33.5 Å². The van der Waals surface area contributed by atoms with Crippen LogP contribution in [0.5, 0.6) is 0 Å². The Morgan fingerprint density at radius 3 is 2.35 bits per heavy atom. The van der Waals surface area contributed by atoms with Crippen LogP contribution in [-0.2, 0) is 9.59 Å². The highest BCUT2D eigenvalue weighted by molar-refractivity contribution is 5.95. The summed E-state index contributed by atoms with van der Waals surface area (Å²) in [5.74, 6) is -2.10. The Morgan fingerprint density at radius 2 is 1.73 bits per heavy atom. The number of aliphatic hydroxyl groups is 1. The quantitative estimate of drug-likeness (QED) is 0.273. The normalized spacial score (nSPS) is 12.5. The molecule has 6 nitrogen and oxygen atoms in total. The van der Waals surface area contributed by atoms with Crippen LogP contribution in [0, 0.1) is 12.7 Å². The van der Waals surface area contributed by atoms with Gasteiger partial charge in [-0.1, -0.05) is 56.3 Å². The van der Waals surface area contributed by atoms with Crippen molar-refractivity contribution < 1.29 is 24.2 Å². The monoisotopic (exact) mass is 500 g/mol. The zero-order valence-corrected chi connectivity index (χ0v) is 21.0. The van der Waals surface area contributed by atoms with Crippen molar-refractivity contribution in [2.75, 3.05) is 0 Å². The molecule has 0 amide bonds. The molecule has 0 bridgehead atoms. The molecular weight excluding hydrogens is 471 g/mol. The van der Waals surface area contributed by atoms with Crippen molar-refractivity contribution in [3.63, 3.8) is 0 Å². The molecule has 4 aromatic rings. The number of fused-ring (bicyclic) bond motifs is 1. The lowest BCUT2D eigenvalue weighted by atomic mass is 9.90. The third kappa shape index (κ3) is 5.67. The number of hydrogen-bond acceptors (Lipinski definition) is 4. The number of nitrogens with zero attached hydrogens (tertiary/aromatic N) is 2. The number of carboxylic acid groups (broad SMARTS) is 1. The summed E-state index contributed by atoms with van der Waals surface area (Å²) >= 11 is 0. The first kappa shape index (κ1) is 26.0. The Kier molecular flexibility index (Phi) is 7.64. The van der Waals surface area contributed by atoms with E-state index < -0.39 is 24.3 Å². The maximum Gasteiger partial charge on any atom is 0.310 e. The molecule has 4 rings (SSSR count). The fourth-order valence-electron chi connectivity index (χ4n) is 4.59. The zero-order chi connectivity index (χ0) is 26.7. The van der Waals surface area contributed by atoms with E-state index in [4.69, 9.17) is 10.2 Å². The van der Waals surface area contributed by atoms with Crippen LogP contribution in [0.25, 0.3) is 34.0 Å². The molecule has 0 fully saturated rings. The molecule has 0 aliphatic heterocycles. The van der Waals surface area contributed by atoms with Crippen LogP contribution in [0.4, 0.5) is 4.39 Å². The molecule has 2 heterocycles. The number of halogens is 1. The van der Waals surface area contributed by atoms with E-state index in [2.05, 4.69) is 19.9 Å². The Balaban J connectivity index is 1.95. The summed E-state index contributed by atoms with van der Waals surface area (Å²) in [4.78, 5) is 22.8. The molecule has 2 aromatic heterocycles. The molecule has 0 radical (unpaired) electrons. The Labute approximate surface area is 214 Å². The third-order valence-electron chi connectivity index (χ3n) is 6.20. The Bertz CT molecular complexity index is 1470. The molecule has 0 aliphatic carbocycles. The van der Waals surface area contributed by atoms with E-state index in [-0.39, 0.29) is 18.2 Å². The van der Waals surface area contributed by atoms with Gasteiger partial charge in [-0.05, 0) is 54.3 Å². The standard InChI is InChI=1S/C30H29FN2O4/c1-18(2)28-25(14-13-23(34)16-24(35)17-27(36)37)29(21-9-11-22(31)12-10-21)32-33-19(3)15-26(30(28)33)20-7-5-4-6-8-20/h4-15,18,23,34H,16-17H2,1-3H3,(H,36,37). The minimum Gasteiger partial charge on any atom is -0.481 e. The summed E-state index contributed by atoms with van der Waals surface area (Å²) in [5.41, 5.74) is 6.98. The first-order valence-corrected chi connectivity index (χ1v) is 12.1. The molecule has 0 saturated carbocycles. The minimum absolute atomic E-state index is 0.0481. The second-order valence-electron chi connectivity index (χ2n) is 9.40. The number of carbonyl (C=O) groups is 2. The van der Waals surface area contributed by atoms with Crippen molar-refractivity contribution in [1.29, 1.82) is 0 Å². The SMILES string of the molecule is Cc1cc(-c2ccccc2)c2c(C(C)C)c(C=CC(O)CC(=O)CC(=O)O)c(-c3ccc(F)cc3)nn12. The van der Waals surface area contributed by atoms with Crippen LogP contribution in [-0.4, -0.2) is 37.7 Å². The van der Waals surface area contributed by atoms with Gasteiger partial charge in [0.05, 0.1) is 17.3 Å². The lowest BCUT2D eigenvalue weighted by Gasteiger charge is -2.19. The Morgan fingerprint density at radius 1 is 1.05 bits per heavy atom. The number of carbonyl (C=O) groups excluding carboxylic acids is 1. The van der Waals surface area contributed by atoms with Crippen LogP contribution in [0.15, 0.2) is 66.7 Å². The van der Waals surface area contributed by atoms with Crippen molar-refractivity contribution in [3.05, 3.63) is 89.4 Å². The average Bonchev–Trinajstić information content (AvgIpc) is 3.18. The molecule has 190 valence electrons. The lowest BCUT2D eigenvalue weighted by Crippen LogP contribution is -2.14. The average molecular weight is 501 g/mol. The van der Waals surface area contributed by atoms with Gasteiger partial charge in [-0.25, -0.2) is 8.91 Å². The maximum atomic E-state index is 13.7. The van der Waals surface area contributed by atoms with E-state index in [1.54, 1.807) is 18.2 Å². The lowest BCUT2D eigenvalue weighted by molar-refractivity contribution is -0.140. The van der Waals surface area contributed by atoms with Crippen LogP contribution >= 0.6 is 0 Å². The molecule has 1 unspecified atom stereocenters. The number of aryl methyl sites for hydroxylation is 1. The number of aromatic nitrogens is 2. The van der Waals surface area contributed by atoms with Crippen LogP contribution in [0.2, 0.25) is 0 Å². The van der Waals surface area contributed by atoms with Gasteiger partial charge in [0.1, 0.15) is 18.0 Å². The second-order valence-corrected chi connectivity index (χ2v) is 9.40. The molecular formula is C30H29FN2O4. The fourth-order valence-corrected chi connectivity index (χ4v) is 4.59. The number of aliphatic carboxylic acids is 1. The topological polar surface area (TPSA) is 91.9 Å². The minimum atomic E-state index is -1.23. The van der Waals surface area contributed by atoms with E-state index in [0.29, 0.717) is 11.3 Å². The maximum absolute atomic E-state index is 13.7. The summed E-state index contributed by atoms with van der Waals surface area (Å²) in [7, 11) is 0. The van der Waals surface area contributed by atoms with Gasteiger partial charge in [0.25, 0.3) is 0 Å². The summed E-state index contributed by atoms with van der Waals surface area (Å²) in [5, 5.41) is 24.3. The second kappa shape index (κ2) is 10.9. The number of benzene rings is 2. The van der Waals surface area contributed by atoms with Gasteiger partial charge in [0.2, 0.25) is 0 Å². The van der Waals surface area contributed by atoms with Crippen molar-refractivity contribution in [2.24, 2.45) is 0 Å². The van der Waals surface area contributed by atoms with E-state index in [1.807, 2.05) is 41.8 Å². The molecule has 0 saturated heterocycles. The first-order valence-electron chi connectivity index (χ1n) is 12.1. The van der Waals surface area contributed by atoms with Gasteiger partial charge >= 0.3 is 5.97 Å². The zero-order valence-electron chi connectivity index (χ0n) is 21.0. The number of rotatable bonds is 9. The van der Waals surface area contributed by atoms with Crippen LogP contribution < -0.4 is 0 Å². The van der Waals surface area contributed by atoms with E-state index >= 15 is 0 Å². The molecule has 0 spiro atoms. The van der Waals surface area contributed by atoms with Crippen molar-refractivity contribution in [3.8, 4) is 22.4 Å². The smallest absolute Gasteiger partial charge is 0.310 e. The predicted octanol–water partition coefficient (Wildman–Crippen LogP) is 6.05. The number of Topliss-reactive ketones (excluding diaryl/α,β-unsaturated/α-hetero) is 1. The number of ketones is 1. The summed E-state index contributed by atoms with van der Waals surface area (Å²) in [6, 6.07) is 18.2. The molecule has 1 atom stereocenters. The van der Waals surface area contributed by atoms with Crippen molar-refractivity contribution in [2.45, 2.75) is 45.6 Å². The molecule has 2 N–H and O–H groups in total. The largest absolute Gasteiger partial charge is 0.481 e. The van der Waals surface area contributed by atoms with Gasteiger partial charge in [-0.15, -0.1) is 0 Å². The van der Waals surface area contributed by atoms with Crippen molar-refractivity contribution in [1.82, 2.24) is 9.61 Å². The Hall–Kier alpha value is -4.10. The molecule has 0 aliphatic rings. The number of hydrogen-bond donors (Lipinski definition) is 2. The highest BCUT2D eigenvalue weighted by Crippen LogP contribution is 2.39. The predicted molar refractivity (Wildman–Crippen MR) is 142 cm³/mol. The van der Waals surface area contributed by atoms with Gasteiger partial charge in [0, 0.05) is 28.8 Å². The third-order valence-corrected chi connectivity index (χ3v) is 6.20.